The van der Waals surface area contributed by atoms with Crippen molar-refractivity contribution in [2.45, 2.75) is 12.8 Å². The summed E-state index contributed by atoms with van der Waals surface area (Å²) in [6.45, 7) is 0. The molecule has 0 radical (unpaired) electrons. The van der Waals surface area contributed by atoms with Crippen molar-refractivity contribution in [2.24, 2.45) is 0 Å². The van der Waals surface area contributed by atoms with Crippen molar-refractivity contribution in [3.8, 4) is 11.5 Å². The van der Waals surface area contributed by atoms with E-state index in [9.17, 15) is 4.79 Å². The monoisotopic (exact) mass is 264 g/mol. The number of methoxy groups -OCH3 is 3. The van der Waals surface area contributed by atoms with Crippen LogP contribution >= 0.6 is 0 Å². The molecule has 19 heavy (non-hydrogen) atoms. The van der Waals surface area contributed by atoms with Crippen LogP contribution in [0, 0.1) is 0 Å². The Kier molecular flexibility index (Phi) is 3.94. The van der Waals surface area contributed by atoms with Gasteiger partial charge < -0.3 is 18.6 Å². The SMILES string of the molecule is COC(=O)CCc1c(OC)cc2occc2c1OC. The molecule has 0 fully saturated rings. The first-order valence-electron chi connectivity index (χ1n) is 5.89. The van der Waals surface area contributed by atoms with Gasteiger partial charge in [0.25, 0.3) is 0 Å². The molecule has 5 nitrogen and oxygen atoms in total. The number of esters is 1. The average Bonchev–Trinajstić information content (AvgIpc) is 2.90. The minimum absolute atomic E-state index is 0.267. The summed E-state index contributed by atoms with van der Waals surface area (Å²) in [7, 11) is 4.53. The van der Waals surface area contributed by atoms with E-state index in [-0.39, 0.29) is 12.4 Å². The van der Waals surface area contributed by atoms with E-state index in [2.05, 4.69) is 4.74 Å². The van der Waals surface area contributed by atoms with Crippen LogP contribution < -0.4 is 9.47 Å². The zero-order valence-corrected chi connectivity index (χ0v) is 11.2. The topological polar surface area (TPSA) is 57.9 Å². The van der Waals surface area contributed by atoms with Gasteiger partial charge in [-0.25, -0.2) is 0 Å². The third-order valence-corrected chi connectivity index (χ3v) is 3.00. The van der Waals surface area contributed by atoms with Crippen molar-refractivity contribution in [3.05, 3.63) is 24.0 Å². The summed E-state index contributed by atoms with van der Waals surface area (Å²) in [6.07, 6.45) is 2.35. The highest BCUT2D eigenvalue weighted by Crippen LogP contribution is 2.38. The summed E-state index contributed by atoms with van der Waals surface area (Å²) in [4.78, 5) is 11.3. The molecule has 0 bridgehead atoms. The number of hydrogen-bond acceptors (Lipinski definition) is 5. The third-order valence-electron chi connectivity index (χ3n) is 3.00. The number of ether oxygens (including phenoxy) is 3. The molecule has 0 amide bonds. The predicted molar refractivity (Wildman–Crippen MR) is 69.7 cm³/mol. The molecule has 0 saturated carbocycles. The lowest BCUT2D eigenvalue weighted by atomic mass is 10.0. The fourth-order valence-electron chi connectivity index (χ4n) is 2.08. The highest BCUT2D eigenvalue weighted by Gasteiger charge is 2.17. The van der Waals surface area contributed by atoms with E-state index in [0.717, 1.165) is 10.9 Å². The smallest absolute Gasteiger partial charge is 0.305 e. The summed E-state index contributed by atoms with van der Waals surface area (Å²) >= 11 is 0. The molecule has 0 aliphatic carbocycles. The van der Waals surface area contributed by atoms with Crippen LogP contribution in [0.2, 0.25) is 0 Å². The second-order valence-corrected chi connectivity index (χ2v) is 4.00. The maximum atomic E-state index is 11.3. The van der Waals surface area contributed by atoms with Gasteiger partial charge in [0, 0.05) is 18.1 Å². The molecule has 0 N–H and O–H groups in total. The summed E-state index contributed by atoms with van der Waals surface area (Å²) in [5.41, 5.74) is 1.53. The molecular weight excluding hydrogens is 248 g/mol. The molecule has 0 aliphatic heterocycles. The average molecular weight is 264 g/mol. The Bertz CT molecular complexity index is 585. The molecular formula is C14H16O5. The second-order valence-electron chi connectivity index (χ2n) is 4.00. The van der Waals surface area contributed by atoms with Crippen molar-refractivity contribution < 1.29 is 23.4 Å². The van der Waals surface area contributed by atoms with Crippen molar-refractivity contribution in [3.63, 3.8) is 0 Å². The van der Waals surface area contributed by atoms with Gasteiger partial charge in [-0.15, -0.1) is 0 Å². The quantitative estimate of drug-likeness (QED) is 0.777. The lowest BCUT2D eigenvalue weighted by Gasteiger charge is -2.13. The molecule has 0 spiro atoms. The highest BCUT2D eigenvalue weighted by atomic mass is 16.5. The van der Waals surface area contributed by atoms with Crippen LogP contribution in [-0.4, -0.2) is 27.3 Å². The van der Waals surface area contributed by atoms with Crippen LogP contribution in [-0.2, 0) is 16.0 Å². The Labute approximate surface area is 111 Å². The predicted octanol–water partition coefficient (Wildman–Crippen LogP) is 2.56. The largest absolute Gasteiger partial charge is 0.496 e. The van der Waals surface area contributed by atoms with Gasteiger partial charge in [-0.1, -0.05) is 0 Å². The number of benzene rings is 1. The molecule has 1 aromatic carbocycles. The van der Waals surface area contributed by atoms with Crippen molar-refractivity contribution in [2.75, 3.05) is 21.3 Å². The summed E-state index contributed by atoms with van der Waals surface area (Å²) in [5, 5.41) is 0.864. The maximum absolute atomic E-state index is 11.3. The zero-order valence-electron chi connectivity index (χ0n) is 11.2. The van der Waals surface area contributed by atoms with E-state index in [0.29, 0.717) is 23.5 Å². The van der Waals surface area contributed by atoms with Gasteiger partial charge in [0.15, 0.2) is 0 Å². The first-order valence-corrected chi connectivity index (χ1v) is 5.89. The summed E-state index contributed by atoms with van der Waals surface area (Å²) < 4.78 is 20.8. The number of hydrogen-bond donors (Lipinski definition) is 0. The number of rotatable bonds is 5. The second kappa shape index (κ2) is 5.65. The van der Waals surface area contributed by atoms with Crippen molar-refractivity contribution in [1.82, 2.24) is 0 Å². The van der Waals surface area contributed by atoms with Gasteiger partial charge in [0.05, 0.1) is 33.0 Å². The zero-order chi connectivity index (χ0) is 13.8. The van der Waals surface area contributed by atoms with Crippen molar-refractivity contribution >= 4 is 16.9 Å². The number of carbonyl (C=O) groups excluding carboxylic acids is 1. The molecule has 2 aromatic rings. The Morgan fingerprint density at radius 3 is 2.68 bits per heavy atom. The Morgan fingerprint density at radius 1 is 1.26 bits per heavy atom. The van der Waals surface area contributed by atoms with Gasteiger partial charge in [0.1, 0.15) is 17.1 Å². The van der Waals surface area contributed by atoms with Gasteiger partial charge in [0.2, 0.25) is 0 Å². The van der Waals surface area contributed by atoms with Gasteiger partial charge in [-0.2, -0.15) is 0 Å². The van der Waals surface area contributed by atoms with Crippen LogP contribution in [0.5, 0.6) is 11.5 Å². The van der Waals surface area contributed by atoms with Gasteiger partial charge in [-0.05, 0) is 12.5 Å². The first kappa shape index (κ1) is 13.3. The van der Waals surface area contributed by atoms with Gasteiger partial charge in [-0.3, -0.25) is 4.79 Å². The van der Waals surface area contributed by atoms with Crippen molar-refractivity contribution in [1.29, 1.82) is 0 Å². The number of furan rings is 1. The lowest BCUT2D eigenvalue weighted by molar-refractivity contribution is -0.140. The fraction of sp³-hybridized carbons (Fsp3) is 0.357. The molecule has 1 aromatic heterocycles. The first-order chi connectivity index (χ1) is 9.21. The minimum atomic E-state index is -0.267. The number of fused-ring (bicyclic) bond motifs is 1. The summed E-state index contributed by atoms with van der Waals surface area (Å²) in [6, 6.07) is 3.62. The maximum Gasteiger partial charge on any atom is 0.305 e. The van der Waals surface area contributed by atoms with E-state index in [4.69, 9.17) is 13.9 Å². The normalized spacial score (nSPS) is 10.5. The Balaban J connectivity index is 2.46. The minimum Gasteiger partial charge on any atom is -0.496 e. The van der Waals surface area contributed by atoms with E-state index >= 15 is 0 Å². The Hall–Kier alpha value is -2.17. The van der Waals surface area contributed by atoms with E-state index in [1.54, 1.807) is 26.5 Å². The van der Waals surface area contributed by atoms with Crippen LogP contribution in [0.25, 0.3) is 11.0 Å². The molecule has 102 valence electrons. The van der Waals surface area contributed by atoms with Crippen LogP contribution in [0.3, 0.4) is 0 Å². The molecule has 1 heterocycles. The lowest BCUT2D eigenvalue weighted by Crippen LogP contribution is -2.04. The number of carbonyl (C=O) groups is 1. The fourth-order valence-corrected chi connectivity index (χ4v) is 2.08. The van der Waals surface area contributed by atoms with E-state index < -0.39 is 0 Å². The molecule has 0 aliphatic rings. The molecule has 0 atom stereocenters. The highest BCUT2D eigenvalue weighted by molar-refractivity contribution is 5.88. The van der Waals surface area contributed by atoms with E-state index in [1.807, 2.05) is 6.07 Å². The molecule has 2 rings (SSSR count). The van der Waals surface area contributed by atoms with E-state index in [1.165, 1.54) is 7.11 Å². The molecule has 5 heteroatoms. The Morgan fingerprint density at radius 2 is 2.05 bits per heavy atom. The van der Waals surface area contributed by atoms with Crippen LogP contribution in [0.4, 0.5) is 0 Å². The standard InChI is InChI=1S/C14H16O5/c1-16-11-8-12-10(6-7-19-12)14(18-3)9(11)4-5-13(15)17-2/h6-8H,4-5H2,1-3H3. The van der Waals surface area contributed by atoms with Gasteiger partial charge >= 0.3 is 5.97 Å². The van der Waals surface area contributed by atoms with Crippen LogP contribution in [0.1, 0.15) is 12.0 Å². The molecule has 0 saturated heterocycles. The van der Waals surface area contributed by atoms with Crippen LogP contribution in [0.15, 0.2) is 22.8 Å². The molecule has 0 unspecified atom stereocenters. The third kappa shape index (κ3) is 2.50. The summed E-state index contributed by atoms with van der Waals surface area (Å²) in [5.74, 6) is 1.05.